The van der Waals surface area contributed by atoms with Crippen molar-refractivity contribution in [3.63, 3.8) is 0 Å². The summed E-state index contributed by atoms with van der Waals surface area (Å²) in [5.74, 6) is 0.399. The van der Waals surface area contributed by atoms with Crippen molar-refractivity contribution in [3.05, 3.63) is 34.9 Å². The number of rotatable bonds is 13. The number of aryl methyl sites for hydroxylation is 1. The van der Waals surface area contributed by atoms with E-state index in [9.17, 15) is 9.59 Å². The Labute approximate surface area is 199 Å². The Kier molecular flexibility index (Phi) is 10.7. The molecule has 1 aliphatic rings. The molecule has 0 unspecified atom stereocenters. The standard InChI is InChI=1S/C26H43N5O2/c1-5-8-13-26(14-9-6-2)17-23(32)31(24(27)30-26)19-22-12-11-21(16-20(22)4)18-29-25(33)28-15-10-7-3/h11-12,16H,5-10,13-15,17-19H2,1-4H3,(H2,27,30)(H2,28,29,33). The predicted molar refractivity (Wildman–Crippen MR) is 135 cm³/mol. The minimum Gasteiger partial charge on any atom is -0.369 e. The number of nitrogens with one attached hydrogen (secondary N) is 2. The first kappa shape index (κ1) is 26.7. The lowest BCUT2D eigenvalue weighted by molar-refractivity contribution is -0.130. The number of nitrogens with two attached hydrogens (primary N) is 1. The number of carbonyl (C=O) groups excluding carboxylic acids is 2. The highest BCUT2D eigenvalue weighted by atomic mass is 16.2. The molecule has 7 heteroatoms. The third-order valence-corrected chi connectivity index (χ3v) is 6.41. The second kappa shape index (κ2) is 13.2. The van der Waals surface area contributed by atoms with Crippen LogP contribution in [0.3, 0.4) is 0 Å². The van der Waals surface area contributed by atoms with Gasteiger partial charge in [-0.15, -0.1) is 0 Å². The molecule has 4 N–H and O–H groups in total. The van der Waals surface area contributed by atoms with Gasteiger partial charge in [-0.05, 0) is 42.9 Å². The lowest BCUT2D eigenvalue weighted by Gasteiger charge is -2.38. The van der Waals surface area contributed by atoms with Crippen LogP contribution in [0.15, 0.2) is 23.2 Å². The van der Waals surface area contributed by atoms with Gasteiger partial charge in [0, 0.05) is 13.1 Å². The predicted octanol–water partition coefficient (Wildman–Crippen LogP) is 4.76. The van der Waals surface area contributed by atoms with Crippen molar-refractivity contribution in [3.8, 4) is 0 Å². The molecule has 0 aliphatic carbocycles. The second-order valence-corrected chi connectivity index (χ2v) is 9.28. The monoisotopic (exact) mass is 457 g/mol. The van der Waals surface area contributed by atoms with Crippen molar-refractivity contribution in [2.45, 2.75) is 104 Å². The molecular formula is C26H43N5O2. The van der Waals surface area contributed by atoms with Gasteiger partial charge in [0.2, 0.25) is 5.91 Å². The highest BCUT2D eigenvalue weighted by Gasteiger charge is 2.38. The quantitative estimate of drug-likeness (QED) is 0.372. The van der Waals surface area contributed by atoms with E-state index < -0.39 is 0 Å². The minimum atomic E-state index is -0.341. The molecule has 2 rings (SSSR count). The summed E-state index contributed by atoms with van der Waals surface area (Å²) in [5, 5.41) is 5.74. The van der Waals surface area contributed by atoms with Gasteiger partial charge in [-0.3, -0.25) is 9.69 Å². The van der Waals surface area contributed by atoms with E-state index in [1.165, 1.54) is 0 Å². The average Bonchev–Trinajstić information content (AvgIpc) is 2.79. The molecule has 1 aliphatic heterocycles. The van der Waals surface area contributed by atoms with E-state index in [1.54, 1.807) is 4.90 Å². The number of unbranched alkanes of at least 4 members (excludes halogenated alkanes) is 3. The van der Waals surface area contributed by atoms with Crippen molar-refractivity contribution >= 4 is 17.9 Å². The molecule has 1 heterocycles. The van der Waals surface area contributed by atoms with Gasteiger partial charge in [0.25, 0.3) is 0 Å². The molecule has 0 atom stereocenters. The molecule has 0 saturated carbocycles. The maximum absolute atomic E-state index is 13.1. The van der Waals surface area contributed by atoms with Gasteiger partial charge in [-0.1, -0.05) is 71.1 Å². The fourth-order valence-electron chi connectivity index (χ4n) is 4.28. The molecule has 0 radical (unpaired) electrons. The van der Waals surface area contributed by atoms with Crippen LogP contribution < -0.4 is 16.4 Å². The number of benzene rings is 1. The Hall–Kier alpha value is -2.57. The summed E-state index contributed by atoms with van der Waals surface area (Å²) in [6.07, 6.45) is 8.56. The third-order valence-electron chi connectivity index (χ3n) is 6.41. The van der Waals surface area contributed by atoms with Crippen molar-refractivity contribution in [2.75, 3.05) is 6.54 Å². The van der Waals surface area contributed by atoms with Gasteiger partial charge in [0.1, 0.15) is 0 Å². The molecule has 0 bridgehead atoms. The van der Waals surface area contributed by atoms with Crippen LogP contribution >= 0.6 is 0 Å². The van der Waals surface area contributed by atoms with Gasteiger partial charge >= 0.3 is 6.03 Å². The Bertz CT molecular complexity index is 813. The molecule has 1 aromatic carbocycles. The average molecular weight is 458 g/mol. The summed E-state index contributed by atoms with van der Waals surface area (Å²) >= 11 is 0. The van der Waals surface area contributed by atoms with Crippen LogP contribution in [0.25, 0.3) is 0 Å². The van der Waals surface area contributed by atoms with Gasteiger partial charge in [0.15, 0.2) is 5.96 Å². The van der Waals surface area contributed by atoms with E-state index in [4.69, 9.17) is 10.7 Å². The van der Waals surface area contributed by atoms with Gasteiger partial charge < -0.3 is 16.4 Å². The summed E-state index contributed by atoms with van der Waals surface area (Å²) < 4.78 is 0. The minimum absolute atomic E-state index is 0.0589. The van der Waals surface area contributed by atoms with Crippen LogP contribution in [0.5, 0.6) is 0 Å². The number of carbonyl (C=O) groups is 2. The van der Waals surface area contributed by atoms with Gasteiger partial charge in [0.05, 0.1) is 18.5 Å². The Morgan fingerprint density at radius 1 is 1.09 bits per heavy atom. The summed E-state index contributed by atoms with van der Waals surface area (Å²) in [5.41, 5.74) is 9.13. The van der Waals surface area contributed by atoms with Crippen molar-refractivity contribution in [1.29, 1.82) is 0 Å². The fraction of sp³-hybridized carbons (Fsp3) is 0.654. The lowest BCUT2D eigenvalue weighted by Crippen LogP contribution is -2.51. The fourth-order valence-corrected chi connectivity index (χ4v) is 4.28. The van der Waals surface area contributed by atoms with Crippen LogP contribution in [-0.4, -0.2) is 34.9 Å². The second-order valence-electron chi connectivity index (χ2n) is 9.28. The van der Waals surface area contributed by atoms with Crippen molar-refractivity contribution in [1.82, 2.24) is 15.5 Å². The van der Waals surface area contributed by atoms with E-state index in [0.29, 0.717) is 32.0 Å². The number of amides is 3. The molecule has 3 amide bonds. The smallest absolute Gasteiger partial charge is 0.315 e. The molecule has 1 aromatic rings. The highest BCUT2D eigenvalue weighted by molar-refractivity contribution is 5.99. The molecule has 0 saturated heterocycles. The number of hydrogen-bond donors (Lipinski definition) is 3. The summed E-state index contributed by atoms with van der Waals surface area (Å²) in [6.45, 7) is 10.0. The molecule has 7 nitrogen and oxygen atoms in total. The maximum atomic E-state index is 13.1. The van der Waals surface area contributed by atoms with E-state index in [2.05, 4.69) is 37.5 Å². The maximum Gasteiger partial charge on any atom is 0.315 e. The number of hydrogen-bond acceptors (Lipinski definition) is 4. The van der Waals surface area contributed by atoms with Crippen molar-refractivity contribution in [2.24, 2.45) is 10.7 Å². The molecular weight excluding hydrogens is 414 g/mol. The first-order valence-corrected chi connectivity index (χ1v) is 12.6. The first-order valence-electron chi connectivity index (χ1n) is 12.6. The van der Waals surface area contributed by atoms with E-state index in [0.717, 1.165) is 68.1 Å². The van der Waals surface area contributed by atoms with E-state index in [-0.39, 0.29) is 17.5 Å². The zero-order valence-corrected chi connectivity index (χ0v) is 21.0. The van der Waals surface area contributed by atoms with E-state index in [1.807, 2.05) is 19.1 Å². The summed E-state index contributed by atoms with van der Waals surface area (Å²) in [4.78, 5) is 31.5. The topological polar surface area (TPSA) is 99.8 Å². The van der Waals surface area contributed by atoms with Crippen LogP contribution in [0.1, 0.15) is 95.2 Å². The number of nitrogens with zero attached hydrogens (tertiary/aromatic N) is 2. The van der Waals surface area contributed by atoms with Crippen molar-refractivity contribution < 1.29 is 9.59 Å². The first-order chi connectivity index (χ1) is 15.8. The highest BCUT2D eigenvalue weighted by Crippen LogP contribution is 2.34. The van der Waals surface area contributed by atoms with Crippen LogP contribution in [0.2, 0.25) is 0 Å². The number of aliphatic imine (C=N–C) groups is 1. The van der Waals surface area contributed by atoms with E-state index >= 15 is 0 Å². The van der Waals surface area contributed by atoms with Gasteiger partial charge in [-0.2, -0.15) is 0 Å². The lowest BCUT2D eigenvalue weighted by atomic mass is 9.83. The Morgan fingerprint density at radius 3 is 2.33 bits per heavy atom. The Morgan fingerprint density at radius 2 is 1.76 bits per heavy atom. The normalized spacial score (nSPS) is 15.3. The number of urea groups is 1. The largest absolute Gasteiger partial charge is 0.369 e. The summed E-state index contributed by atoms with van der Waals surface area (Å²) in [6, 6.07) is 5.90. The molecule has 0 spiro atoms. The SMILES string of the molecule is CCCCNC(=O)NCc1ccc(CN2C(=O)CC(CCCC)(CCCC)N=C2N)c(C)c1. The number of guanidine groups is 1. The van der Waals surface area contributed by atoms with Crippen LogP contribution in [-0.2, 0) is 17.9 Å². The third kappa shape index (κ3) is 8.06. The Balaban J connectivity index is 2.04. The van der Waals surface area contributed by atoms with Crippen LogP contribution in [0, 0.1) is 6.92 Å². The van der Waals surface area contributed by atoms with Gasteiger partial charge in [-0.25, -0.2) is 9.79 Å². The molecule has 184 valence electrons. The van der Waals surface area contributed by atoms with Crippen LogP contribution in [0.4, 0.5) is 4.79 Å². The molecule has 33 heavy (non-hydrogen) atoms. The molecule has 0 fully saturated rings. The summed E-state index contributed by atoms with van der Waals surface area (Å²) in [7, 11) is 0. The zero-order valence-electron chi connectivity index (χ0n) is 21.0. The molecule has 0 aromatic heterocycles. The zero-order chi connectivity index (χ0) is 24.3.